The molecule has 0 atom stereocenters. The molecule has 0 saturated carbocycles. The van der Waals surface area contributed by atoms with E-state index in [-0.39, 0.29) is 28.4 Å². The summed E-state index contributed by atoms with van der Waals surface area (Å²) in [6, 6.07) is 19.7. The minimum Gasteiger partial charge on any atom is -0.505 e. The molecule has 0 radical (unpaired) electrons. The van der Waals surface area contributed by atoms with Crippen LogP contribution >= 0.6 is 0 Å². The topological polar surface area (TPSA) is 141 Å². The number of phenolic OH excluding ortho intramolecular Hbond substituents is 1. The fourth-order valence-electron chi connectivity index (χ4n) is 3.49. The Labute approximate surface area is 198 Å². The van der Waals surface area contributed by atoms with Crippen LogP contribution in [0.4, 0.5) is 17.2 Å². The van der Waals surface area contributed by atoms with Crippen LogP contribution in [0.1, 0.15) is 15.9 Å². The van der Waals surface area contributed by atoms with E-state index in [4.69, 9.17) is 0 Å². The number of aromatic hydroxyl groups is 1. The number of hydrogen-bond donors (Lipinski definition) is 2. The smallest absolute Gasteiger partial charge is 0.259 e. The van der Waals surface area contributed by atoms with Gasteiger partial charge in [-0.1, -0.05) is 42.5 Å². The van der Waals surface area contributed by atoms with Crippen LogP contribution in [0.3, 0.4) is 0 Å². The summed E-state index contributed by atoms with van der Waals surface area (Å²) in [6.45, 7) is 0. The fraction of sp³-hybridized carbons (Fsp3) is 0. The lowest BCUT2D eigenvalue weighted by molar-refractivity contribution is 0.102. The van der Waals surface area contributed by atoms with Crippen molar-refractivity contribution >= 4 is 33.9 Å². The van der Waals surface area contributed by atoms with Gasteiger partial charge in [-0.2, -0.15) is 15.0 Å². The average molecular weight is 460 g/mol. The van der Waals surface area contributed by atoms with Crippen molar-refractivity contribution in [1.29, 1.82) is 5.26 Å². The average Bonchev–Trinajstić information content (AvgIpc) is 3.32. The number of azo groups is 1. The van der Waals surface area contributed by atoms with Gasteiger partial charge in [0.1, 0.15) is 17.3 Å². The van der Waals surface area contributed by atoms with Crippen molar-refractivity contribution in [2.24, 2.45) is 10.2 Å². The van der Waals surface area contributed by atoms with E-state index in [0.717, 1.165) is 0 Å². The number of rotatable bonds is 5. The Bertz CT molecular complexity index is 1610. The maximum atomic E-state index is 13.0. The monoisotopic (exact) mass is 460 g/mol. The van der Waals surface area contributed by atoms with Crippen molar-refractivity contribution in [3.05, 3.63) is 96.6 Å². The molecule has 0 aliphatic heterocycles. The highest BCUT2D eigenvalue weighted by molar-refractivity contribution is 6.11. The molecule has 168 valence electrons. The van der Waals surface area contributed by atoms with E-state index >= 15 is 0 Å². The van der Waals surface area contributed by atoms with Crippen LogP contribution < -0.4 is 5.32 Å². The first-order valence-electron chi connectivity index (χ1n) is 10.4. The molecule has 0 bridgehead atoms. The van der Waals surface area contributed by atoms with Crippen LogP contribution in [0.5, 0.6) is 5.75 Å². The molecule has 0 saturated heterocycles. The first kappa shape index (κ1) is 21.4. The summed E-state index contributed by atoms with van der Waals surface area (Å²) in [5, 5.41) is 37.2. The number of amides is 1. The second kappa shape index (κ2) is 9.21. The van der Waals surface area contributed by atoms with Gasteiger partial charge >= 0.3 is 0 Å². The lowest BCUT2D eigenvalue weighted by Crippen LogP contribution is -2.12. The zero-order valence-electron chi connectivity index (χ0n) is 18.1. The summed E-state index contributed by atoms with van der Waals surface area (Å²) >= 11 is 0. The second-order valence-corrected chi connectivity index (χ2v) is 7.33. The molecule has 1 amide bonds. The Morgan fingerprint density at radius 2 is 1.83 bits per heavy atom. The van der Waals surface area contributed by atoms with Gasteiger partial charge in [0.15, 0.2) is 17.4 Å². The number of benzene rings is 3. The Balaban J connectivity index is 1.61. The minimum atomic E-state index is -0.502. The van der Waals surface area contributed by atoms with Gasteiger partial charge in [0.2, 0.25) is 0 Å². The van der Waals surface area contributed by atoms with Gasteiger partial charge in [-0.3, -0.25) is 9.78 Å². The van der Waals surface area contributed by atoms with Crippen LogP contribution in [0, 0.1) is 11.3 Å². The summed E-state index contributed by atoms with van der Waals surface area (Å²) in [4.78, 5) is 21.2. The quantitative estimate of drug-likeness (QED) is 0.351. The third-order valence-electron chi connectivity index (χ3n) is 5.15. The number of nitrogens with one attached hydrogen (secondary N) is 1. The number of para-hydroxylation sites is 1. The maximum absolute atomic E-state index is 13.0. The lowest BCUT2D eigenvalue weighted by Gasteiger charge is -2.11. The molecule has 0 fully saturated rings. The molecule has 10 heteroatoms. The number of nitrogens with zero attached hydrogens (tertiary/aromatic N) is 7. The van der Waals surface area contributed by atoms with Gasteiger partial charge < -0.3 is 10.4 Å². The predicted molar refractivity (Wildman–Crippen MR) is 128 cm³/mol. The highest BCUT2D eigenvalue weighted by Crippen LogP contribution is 2.40. The lowest BCUT2D eigenvalue weighted by atomic mass is 10.0. The van der Waals surface area contributed by atoms with Crippen molar-refractivity contribution in [3.63, 3.8) is 0 Å². The van der Waals surface area contributed by atoms with Crippen molar-refractivity contribution in [3.8, 4) is 17.6 Å². The Morgan fingerprint density at radius 3 is 2.60 bits per heavy atom. The van der Waals surface area contributed by atoms with Gasteiger partial charge in [0.05, 0.1) is 18.0 Å². The normalized spacial score (nSPS) is 10.9. The molecule has 0 spiro atoms. The molecule has 2 aromatic heterocycles. The van der Waals surface area contributed by atoms with Crippen LogP contribution in [0.2, 0.25) is 0 Å². The van der Waals surface area contributed by atoms with Gasteiger partial charge in [-0.05, 0) is 23.6 Å². The standard InChI is InChI=1S/C25H16N8O2/c26-13-17-14-29-33(21-15-27-10-11-28-21)24(17)32-31-22-19-9-5-4-6-16(19)12-20(23(22)34)25(35)30-18-7-2-1-3-8-18/h1-12,14-15,34H,(H,30,35). The number of phenols is 1. The summed E-state index contributed by atoms with van der Waals surface area (Å²) in [6.07, 6.45) is 5.80. The Kier molecular flexibility index (Phi) is 5.63. The molecule has 0 aliphatic rings. The van der Waals surface area contributed by atoms with Gasteiger partial charge in [0, 0.05) is 23.5 Å². The molecule has 2 N–H and O–H groups in total. The summed E-state index contributed by atoms with van der Waals surface area (Å²) in [5.74, 6) is -0.396. The minimum absolute atomic E-state index is 0.0319. The highest BCUT2D eigenvalue weighted by Gasteiger charge is 2.19. The van der Waals surface area contributed by atoms with Crippen molar-refractivity contribution in [2.45, 2.75) is 0 Å². The molecule has 2 heterocycles. The molecule has 10 nitrogen and oxygen atoms in total. The molecule has 3 aromatic carbocycles. The number of anilines is 1. The third-order valence-corrected chi connectivity index (χ3v) is 5.15. The van der Waals surface area contributed by atoms with E-state index in [0.29, 0.717) is 22.3 Å². The largest absolute Gasteiger partial charge is 0.505 e. The summed E-state index contributed by atoms with van der Waals surface area (Å²) in [5.41, 5.74) is 0.850. The second-order valence-electron chi connectivity index (χ2n) is 7.33. The van der Waals surface area contributed by atoms with Gasteiger partial charge in [0.25, 0.3) is 5.91 Å². The number of fused-ring (bicyclic) bond motifs is 1. The Hall–Kier alpha value is -5.43. The third kappa shape index (κ3) is 4.17. The zero-order chi connectivity index (χ0) is 24.2. The Morgan fingerprint density at radius 1 is 1.03 bits per heavy atom. The number of carbonyl (C=O) groups is 1. The van der Waals surface area contributed by atoms with E-state index in [1.54, 1.807) is 48.5 Å². The van der Waals surface area contributed by atoms with E-state index in [2.05, 4.69) is 30.6 Å². The first-order chi connectivity index (χ1) is 17.2. The predicted octanol–water partition coefficient (Wildman–Crippen LogP) is 5.06. The zero-order valence-corrected chi connectivity index (χ0v) is 18.1. The molecule has 5 rings (SSSR count). The molecular weight excluding hydrogens is 444 g/mol. The molecule has 0 unspecified atom stereocenters. The number of nitriles is 1. The van der Waals surface area contributed by atoms with Crippen LogP contribution in [0.25, 0.3) is 16.6 Å². The summed E-state index contributed by atoms with van der Waals surface area (Å²) in [7, 11) is 0. The van der Waals surface area contributed by atoms with E-state index < -0.39 is 5.91 Å². The van der Waals surface area contributed by atoms with Crippen LogP contribution in [0.15, 0.2) is 95.7 Å². The van der Waals surface area contributed by atoms with Crippen molar-refractivity contribution in [2.75, 3.05) is 5.32 Å². The van der Waals surface area contributed by atoms with E-state index in [1.165, 1.54) is 29.5 Å². The SMILES string of the molecule is N#Cc1cnn(-c2cnccn2)c1N=Nc1c(O)c(C(=O)Nc2ccccc2)cc2ccccc12. The first-order valence-corrected chi connectivity index (χ1v) is 10.4. The van der Waals surface area contributed by atoms with Crippen molar-refractivity contribution in [1.82, 2.24) is 19.7 Å². The van der Waals surface area contributed by atoms with E-state index in [9.17, 15) is 15.2 Å². The molecule has 35 heavy (non-hydrogen) atoms. The number of hydrogen-bond acceptors (Lipinski definition) is 8. The van der Waals surface area contributed by atoms with Gasteiger partial charge in [-0.25, -0.2) is 4.98 Å². The number of carbonyl (C=O) groups excluding carboxylic acids is 1. The fourth-order valence-corrected chi connectivity index (χ4v) is 3.49. The molecule has 5 aromatic rings. The van der Waals surface area contributed by atoms with Crippen molar-refractivity contribution < 1.29 is 9.90 Å². The summed E-state index contributed by atoms with van der Waals surface area (Å²) < 4.78 is 1.32. The molecular formula is C25H16N8O2. The van der Waals surface area contributed by atoms with Crippen LogP contribution in [-0.2, 0) is 0 Å². The van der Waals surface area contributed by atoms with E-state index in [1.807, 2.05) is 18.2 Å². The van der Waals surface area contributed by atoms with Gasteiger partial charge in [-0.15, -0.1) is 10.2 Å². The molecule has 0 aliphatic carbocycles. The maximum Gasteiger partial charge on any atom is 0.259 e. The number of aromatic nitrogens is 4. The highest BCUT2D eigenvalue weighted by atomic mass is 16.3. The van der Waals surface area contributed by atoms with Crippen LogP contribution in [-0.4, -0.2) is 30.8 Å².